The molecule has 0 unspecified atom stereocenters. The Morgan fingerprint density at radius 3 is 2.50 bits per heavy atom. The lowest BCUT2D eigenvalue weighted by Crippen LogP contribution is -2.25. The van der Waals surface area contributed by atoms with Gasteiger partial charge in [-0.1, -0.05) is 66.7 Å². The zero-order valence-corrected chi connectivity index (χ0v) is 18.7. The highest BCUT2D eigenvalue weighted by molar-refractivity contribution is 6.05. The summed E-state index contributed by atoms with van der Waals surface area (Å²) in [7, 11) is 0. The second kappa shape index (κ2) is 9.35. The van der Waals surface area contributed by atoms with E-state index in [1.54, 1.807) is 6.07 Å². The molecule has 2 N–H and O–H groups in total. The van der Waals surface area contributed by atoms with Crippen molar-refractivity contribution in [3.05, 3.63) is 106 Å². The van der Waals surface area contributed by atoms with Crippen molar-refractivity contribution in [3.63, 3.8) is 0 Å². The summed E-state index contributed by atoms with van der Waals surface area (Å²) < 4.78 is 0. The van der Waals surface area contributed by atoms with Gasteiger partial charge in [0.05, 0.1) is 5.56 Å². The molecule has 0 radical (unpaired) electrons. The van der Waals surface area contributed by atoms with Crippen molar-refractivity contribution in [1.82, 2.24) is 15.2 Å². The molecule has 4 aromatic rings. The molecule has 2 amide bonds. The summed E-state index contributed by atoms with van der Waals surface area (Å²) in [5, 5.41) is 3.68. The minimum atomic E-state index is -0.306. The molecule has 0 bridgehead atoms. The number of nitrogens with one attached hydrogen (secondary N) is 2. The molecule has 6 nitrogen and oxygen atoms in total. The lowest BCUT2D eigenvalue weighted by atomic mass is 9.98. The Balaban J connectivity index is 1.33. The number of aromatic nitrogens is 1. The van der Waals surface area contributed by atoms with Crippen LogP contribution in [0.25, 0.3) is 22.0 Å². The van der Waals surface area contributed by atoms with Gasteiger partial charge in [-0.25, -0.2) is 0 Å². The summed E-state index contributed by atoms with van der Waals surface area (Å²) in [4.78, 5) is 41.6. The van der Waals surface area contributed by atoms with Crippen molar-refractivity contribution < 1.29 is 9.59 Å². The Morgan fingerprint density at radius 1 is 0.941 bits per heavy atom. The average molecular weight is 452 g/mol. The van der Waals surface area contributed by atoms with Gasteiger partial charge in [0.25, 0.3) is 5.91 Å². The summed E-state index contributed by atoms with van der Waals surface area (Å²) in [5.74, 6) is -0.0684. The predicted octanol–water partition coefficient (Wildman–Crippen LogP) is 4.25. The van der Waals surface area contributed by atoms with E-state index in [1.165, 1.54) is 6.07 Å². The molecule has 0 aliphatic carbocycles. The number of H-pyrrole nitrogens is 1. The topological polar surface area (TPSA) is 82.3 Å². The number of aromatic amines is 1. The Labute approximate surface area is 197 Å². The molecule has 1 fully saturated rings. The van der Waals surface area contributed by atoms with Crippen molar-refractivity contribution in [3.8, 4) is 11.1 Å². The Morgan fingerprint density at radius 2 is 1.71 bits per heavy atom. The fourth-order valence-corrected chi connectivity index (χ4v) is 4.50. The van der Waals surface area contributed by atoms with Gasteiger partial charge < -0.3 is 15.2 Å². The molecule has 1 aliphatic rings. The minimum Gasteiger partial charge on any atom is -0.348 e. The van der Waals surface area contributed by atoms with Crippen LogP contribution >= 0.6 is 0 Å². The van der Waals surface area contributed by atoms with Crippen LogP contribution in [0.15, 0.2) is 83.7 Å². The molecular formula is C28H25N3O3. The number of hydrogen-bond donors (Lipinski definition) is 2. The second-order valence-electron chi connectivity index (χ2n) is 8.55. The van der Waals surface area contributed by atoms with Crippen molar-refractivity contribution in [2.75, 3.05) is 6.54 Å². The van der Waals surface area contributed by atoms with Gasteiger partial charge in [0.2, 0.25) is 11.5 Å². The number of hydrogen-bond acceptors (Lipinski definition) is 3. The van der Waals surface area contributed by atoms with E-state index in [0.29, 0.717) is 36.0 Å². The summed E-state index contributed by atoms with van der Waals surface area (Å²) >= 11 is 0. The molecule has 3 aromatic carbocycles. The molecule has 6 heteroatoms. The molecule has 2 heterocycles. The summed E-state index contributed by atoms with van der Waals surface area (Å²) in [6, 6.07) is 24.8. The van der Waals surface area contributed by atoms with Crippen LogP contribution in [0.2, 0.25) is 0 Å². The van der Waals surface area contributed by atoms with Crippen molar-refractivity contribution in [2.24, 2.45) is 0 Å². The highest BCUT2D eigenvalue weighted by Gasteiger charge is 2.20. The maximum absolute atomic E-state index is 13.0. The van der Waals surface area contributed by atoms with Crippen LogP contribution in [-0.4, -0.2) is 28.2 Å². The van der Waals surface area contributed by atoms with Gasteiger partial charge >= 0.3 is 0 Å². The number of nitrogens with zero attached hydrogens (tertiary/aromatic N) is 1. The second-order valence-corrected chi connectivity index (χ2v) is 8.55. The van der Waals surface area contributed by atoms with E-state index in [-0.39, 0.29) is 17.4 Å². The number of para-hydroxylation sites is 1. The number of carbonyl (C=O) groups is 2. The van der Waals surface area contributed by atoms with E-state index in [4.69, 9.17) is 0 Å². The lowest BCUT2D eigenvalue weighted by Gasteiger charge is -2.16. The van der Waals surface area contributed by atoms with Gasteiger partial charge in [-0.05, 0) is 34.7 Å². The monoisotopic (exact) mass is 451 g/mol. The molecule has 1 saturated heterocycles. The van der Waals surface area contributed by atoms with Gasteiger partial charge in [-0.3, -0.25) is 14.4 Å². The van der Waals surface area contributed by atoms with Gasteiger partial charge in [-0.15, -0.1) is 0 Å². The first-order valence-corrected chi connectivity index (χ1v) is 11.4. The van der Waals surface area contributed by atoms with E-state index >= 15 is 0 Å². The van der Waals surface area contributed by atoms with Crippen molar-refractivity contribution in [1.29, 1.82) is 0 Å². The van der Waals surface area contributed by atoms with Crippen LogP contribution in [-0.2, 0) is 17.9 Å². The van der Waals surface area contributed by atoms with Crippen LogP contribution in [0, 0.1) is 0 Å². The number of carbonyl (C=O) groups excluding carboxylic acids is 2. The maximum atomic E-state index is 13.0. The number of fused-ring (bicyclic) bond motifs is 1. The fraction of sp³-hybridized carbons (Fsp3) is 0.179. The Kier molecular flexibility index (Phi) is 5.95. The quantitative estimate of drug-likeness (QED) is 0.460. The number of pyridine rings is 1. The van der Waals surface area contributed by atoms with Crippen molar-refractivity contribution in [2.45, 2.75) is 25.9 Å². The van der Waals surface area contributed by atoms with Gasteiger partial charge in [-0.2, -0.15) is 0 Å². The number of amides is 2. The minimum absolute atomic E-state index is 0.221. The van der Waals surface area contributed by atoms with Crippen LogP contribution in [0.4, 0.5) is 0 Å². The maximum Gasteiger partial charge on any atom is 0.252 e. The predicted molar refractivity (Wildman–Crippen MR) is 132 cm³/mol. The van der Waals surface area contributed by atoms with E-state index in [2.05, 4.69) is 34.6 Å². The largest absolute Gasteiger partial charge is 0.348 e. The molecule has 34 heavy (non-hydrogen) atoms. The fourth-order valence-electron chi connectivity index (χ4n) is 4.50. The number of likely N-dealkylation sites (tertiary alicyclic amines) is 1. The summed E-state index contributed by atoms with van der Waals surface area (Å²) in [6.07, 6.45) is 1.58. The standard InChI is InChI=1S/C28H25N3O3/c32-26-16-24(23-8-3-4-9-25(23)30-26)28(34)29-17-21-6-1-2-7-22(21)20-13-11-19(12-14-20)18-31-15-5-10-27(31)33/h1-4,6-9,11-14,16H,5,10,15,17-18H2,(H,29,34)(H,30,32). The van der Waals surface area contributed by atoms with Crippen LogP contribution in [0.3, 0.4) is 0 Å². The zero-order chi connectivity index (χ0) is 23.5. The third-order valence-electron chi connectivity index (χ3n) is 6.26. The summed E-state index contributed by atoms with van der Waals surface area (Å²) in [6.45, 7) is 1.80. The smallest absolute Gasteiger partial charge is 0.252 e. The molecule has 5 rings (SSSR count). The number of benzene rings is 3. The average Bonchev–Trinajstić information content (AvgIpc) is 3.26. The van der Waals surface area contributed by atoms with E-state index in [0.717, 1.165) is 35.2 Å². The highest BCUT2D eigenvalue weighted by atomic mass is 16.2. The Bertz CT molecular complexity index is 1420. The highest BCUT2D eigenvalue weighted by Crippen LogP contribution is 2.25. The first-order chi connectivity index (χ1) is 16.6. The van der Waals surface area contributed by atoms with E-state index in [1.807, 2.05) is 47.4 Å². The first-order valence-electron chi connectivity index (χ1n) is 11.4. The van der Waals surface area contributed by atoms with E-state index < -0.39 is 0 Å². The SMILES string of the molecule is O=C(NCc1ccccc1-c1ccc(CN2CCCC2=O)cc1)c1cc(=O)[nH]c2ccccc12. The molecule has 1 aromatic heterocycles. The zero-order valence-electron chi connectivity index (χ0n) is 18.7. The van der Waals surface area contributed by atoms with Crippen LogP contribution < -0.4 is 10.9 Å². The Hall–Kier alpha value is -4.19. The molecule has 1 aliphatic heterocycles. The van der Waals surface area contributed by atoms with Gasteiger partial charge in [0.15, 0.2) is 0 Å². The van der Waals surface area contributed by atoms with Crippen molar-refractivity contribution >= 4 is 22.7 Å². The molecule has 0 atom stereocenters. The van der Waals surface area contributed by atoms with Crippen LogP contribution in [0.5, 0.6) is 0 Å². The third-order valence-corrected chi connectivity index (χ3v) is 6.26. The number of rotatable bonds is 6. The summed E-state index contributed by atoms with van der Waals surface area (Å²) in [5.41, 5.74) is 4.85. The lowest BCUT2D eigenvalue weighted by molar-refractivity contribution is -0.128. The van der Waals surface area contributed by atoms with E-state index in [9.17, 15) is 14.4 Å². The third kappa shape index (κ3) is 4.48. The van der Waals surface area contributed by atoms with Gasteiger partial charge in [0, 0.05) is 43.0 Å². The normalized spacial score (nSPS) is 13.4. The first kappa shape index (κ1) is 21.6. The van der Waals surface area contributed by atoms with Gasteiger partial charge in [0.1, 0.15) is 0 Å². The molecule has 0 saturated carbocycles. The molecule has 0 spiro atoms. The molecule has 170 valence electrons. The van der Waals surface area contributed by atoms with Crippen LogP contribution in [0.1, 0.15) is 34.3 Å². The molecular weight excluding hydrogens is 426 g/mol.